The fourth-order valence-electron chi connectivity index (χ4n) is 2.17. The van der Waals surface area contributed by atoms with Crippen molar-refractivity contribution in [1.82, 2.24) is 10.6 Å². The lowest BCUT2D eigenvalue weighted by molar-refractivity contribution is -0.134. The van der Waals surface area contributed by atoms with Crippen LogP contribution in [0, 0.1) is 0 Å². The molecule has 0 aliphatic carbocycles. The number of nitrogens with one attached hydrogen (secondary N) is 2. The summed E-state index contributed by atoms with van der Waals surface area (Å²) >= 11 is 0. The van der Waals surface area contributed by atoms with Crippen molar-refractivity contribution in [3.05, 3.63) is 35.9 Å². The first-order valence-corrected chi connectivity index (χ1v) is 6.92. The second-order valence-electron chi connectivity index (χ2n) is 5.00. The molecule has 19 heavy (non-hydrogen) atoms. The zero-order valence-corrected chi connectivity index (χ0v) is 11.4. The van der Waals surface area contributed by atoms with Gasteiger partial charge in [0.25, 0.3) is 5.91 Å². The Morgan fingerprint density at radius 1 is 1.47 bits per heavy atom. The van der Waals surface area contributed by atoms with Gasteiger partial charge in [0.1, 0.15) is 6.10 Å². The average Bonchev–Trinajstić information content (AvgIpc) is 2.47. The summed E-state index contributed by atoms with van der Waals surface area (Å²) in [6.45, 7) is 4.08. The summed E-state index contributed by atoms with van der Waals surface area (Å²) in [7, 11) is 0. The maximum atomic E-state index is 11.9. The quantitative estimate of drug-likeness (QED) is 0.836. The number of rotatable bonds is 5. The van der Waals surface area contributed by atoms with Crippen LogP contribution < -0.4 is 10.6 Å². The molecule has 1 heterocycles. The van der Waals surface area contributed by atoms with E-state index in [0.29, 0.717) is 13.2 Å². The van der Waals surface area contributed by atoms with Crippen molar-refractivity contribution in [2.24, 2.45) is 0 Å². The van der Waals surface area contributed by atoms with Crippen LogP contribution in [0.4, 0.5) is 0 Å². The molecule has 4 heteroatoms. The fraction of sp³-hybridized carbons (Fsp3) is 0.533. The molecule has 4 nitrogen and oxygen atoms in total. The molecular weight excluding hydrogens is 240 g/mol. The van der Waals surface area contributed by atoms with Crippen molar-refractivity contribution >= 4 is 5.91 Å². The molecule has 2 unspecified atom stereocenters. The minimum absolute atomic E-state index is 0.00670. The molecule has 1 aliphatic rings. The normalized spacial score (nSPS) is 20.8. The van der Waals surface area contributed by atoms with Crippen LogP contribution in [0.25, 0.3) is 0 Å². The Kier molecular flexibility index (Phi) is 5.36. The molecule has 0 saturated carbocycles. The van der Waals surface area contributed by atoms with Gasteiger partial charge in [-0.3, -0.25) is 4.79 Å². The van der Waals surface area contributed by atoms with E-state index in [1.807, 2.05) is 25.1 Å². The number of aryl methyl sites for hydroxylation is 1. The van der Waals surface area contributed by atoms with Gasteiger partial charge in [0.2, 0.25) is 0 Å². The van der Waals surface area contributed by atoms with E-state index in [2.05, 4.69) is 22.8 Å². The number of benzene rings is 1. The molecule has 1 amide bonds. The van der Waals surface area contributed by atoms with Crippen LogP contribution in [0.15, 0.2) is 30.3 Å². The third-order valence-electron chi connectivity index (χ3n) is 3.32. The minimum atomic E-state index is -0.340. The van der Waals surface area contributed by atoms with Crippen molar-refractivity contribution in [2.45, 2.75) is 31.9 Å². The highest BCUT2D eigenvalue weighted by molar-refractivity contribution is 5.81. The number of ether oxygens (including phenoxy) is 1. The second kappa shape index (κ2) is 7.26. The number of hydrogen-bond donors (Lipinski definition) is 2. The number of carbonyl (C=O) groups is 1. The van der Waals surface area contributed by atoms with Gasteiger partial charge in [-0.1, -0.05) is 30.3 Å². The first kappa shape index (κ1) is 14.0. The molecule has 0 aromatic heterocycles. The first-order chi connectivity index (χ1) is 9.25. The summed E-state index contributed by atoms with van der Waals surface area (Å²) in [5.41, 5.74) is 1.30. The lowest BCUT2D eigenvalue weighted by Crippen LogP contribution is -2.49. The van der Waals surface area contributed by atoms with E-state index in [0.717, 1.165) is 19.4 Å². The molecule has 0 bridgehead atoms. The molecule has 1 aromatic carbocycles. The fourth-order valence-corrected chi connectivity index (χ4v) is 2.17. The summed E-state index contributed by atoms with van der Waals surface area (Å²) in [6.07, 6.45) is 1.58. The summed E-state index contributed by atoms with van der Waals surface area (Å²) < 4.78 is 5.43. The van der Waals surface area contributed by atoms with E-state index >= 15 is 0 Å². The van der Waals surface area contributed by atoms with Crippen molar-refractivity contribution in [3.63, 3.8) is 0 Å². The zero-order chi connectivity index (χ0) is 13.5. The molecule has 2 atom stereocenters. The van der Waals surface area contributed by atoms with Crippen LogP contribution in [0.1, 0.15) is 18.9 Å². The van der Waals surface area contributed by atoms with Crippen molar-refractivity contribution < 1.29 is 9.53 Å². The Morgan fingerprint density at radius 3 is 2.95 bits per heavy atom. The monoisotopic (exact) mass is 262 g/mol. The predicted molar refractivity (Wildman–Crippen MR) is 75.0 cm³/mol. The Labute approximate surface area is 114 Å². The predicted octanol–water partition coefficient (Wildman–Crippen LogP) is 1.11. The lowest BCUT2D eigenvalue weighted by Gasteiger charge is -2.24. The number of morpholine rings is 1. The molecule has 1 fully saturated rings. The number of carbonyl (C=O) groups excluding carboxylic acids is 1. The highest BCUT2D eigenvalue weighted by Crippen LogP contribution is 2.05. The Bertz CT molecular complexity index is 388. The third-order valence-corrected chi connectivity index (χ3v) is 3.32. The van der Waals surface area contributed by atoms with Gasteiger partial charge < -0.3 is 15.4 Å². The highest BCUT2D eigenvalue weighted by Gasteiger charge is 2.22. The summed E-state index contributed by atoms with van der Waals surface area (Å²) in [6, 6.07) is 10.5. The van der Waals surface area contributed by atoms with Crippen LogP contribution in [-0.4, -0.2) is 37.7 Å². The van der Waals surface area contributed by atoms with E-state index in [1.165, 1.54) is 5.56 Å². The van der Waals surface area contributed by atoms with E-state index in [4.69, 9.17) is 4.74 Å². The number of amides is 1. The minimum Gasteiger partial charge on any atom is -0.366 e. The maximum absolute atomic E-state index is 11.9. The Hall–Kier alpha value is -1.39. The molecule has 1 aliphatic heterocycles. The van der Waals surface area contributed by atoms with E-state index in [-0.39, 0.29) is 18.1 Å². The van der Waals surface area contributed by atoms with Crippen LogP contribution in [-0.2, 0) is 16.0 Å². The Balaban J connectivity index is 1.71. The summed E-state index contributed by atoms with van der Waals surface area (Å²) in [4.78, 5) is 11.9. The maximum Gasteiger partial charge on any atom is 0.250 e. The Morgan fingerprint density at radius 2 is 2.26 bits per heavy atom. The number of hydrogen-bond acceptors (Lipinski definition) is 3. The topological polar surface area (TPSA) is 50.4 Å². The van der Waals surface area contributed by atoms with Crippen LogP contribution in [0.2, 0.25) is 0 Å². The van der Waals surface area contributed by atoms with Crippen molar-refractivity contribution in [3.8, 4) is 0 Å². The van der Waals surface area contributed by atoms with Gasteiger partial charge in [-0.15, -0.1) is 0 Å². The molecular formula is C15H22N2O2. The van der Waals surface area contributed by atoms with E-state index in [9.17, 15) is 4.79 Å². The highest BCUT2D eigenvalue weighted by atomic mass is 16.5. The van der Waals surface area contributed by atoms with E-state index in [1.54, 1.807) is 0 Å². The van der Waals surface area contributed by atoms with Gasteiger partial charge in [0, 0.05) is 19.1 Å². The average molecular weight is 262 g/mol. The van der Waals surface area contributed by atoms with Gasteiger partial charge in [-0.05, 0) is 25.3 Å². The van der Waals surface area contributed by atoms with Crippen LogP contribution in [0.5, 0.6) is 0 Å². The molecule has 104 valence electrons. The van der Waals surface area contributed by atoms with Crippen LogP contribution >= 0.6 is 0 Å². The van der Waals surface area contributed by atoms with Crippen LogP contribution in [0.3, 0.4) is 0 Å². The lowest BCUT2D eigenvalue weighted by atomic mass is 10.1. The smallest absolute Gasteiger partial charge is 0.250 e. The standard InChI is InChI=1S/C15H22N2O2/c1-12(7-8-13-5-3-2-4-6-13)17-15(18)14-11-16-9-10-19-14/h2-6,12,14,16H,7-11H2,1H3,(H,17,18). The van der Waals surface area contributed by atoms with Gasteiger partial charge in [-0.25, -0.2) is 0 Å². The molecule has 0 spiro atoms. The summed E-state index contributed by atoms with van der Waals surface area (Å²) in [5, 5.41) is 6.18. The first-order valence-electron chi connectivity index (χ1n) is 6.92. The van der Waals surface area contributed by atoms with Gasteiger partial charge in [0.15, 0.2) is 0 Å². The van der Waals surface area contributed by atoms with E-state index < -0.39 is 0 Å². The molecule has 0 radical (unpaired) electrons. The molecule has 2 N–H and O–H groups in total. The zero-order valence-electron chi connectivity index (χ0n) is 11.4. The SMILES string of the molecule is CC(CCc1ccccc1)NC(=O)C1CNCCO1. The molecule has 2 rings (SSSR count). The largest absolute Gasteiger partial charge is 0.366 e. The second-order valence-corrected chi connectivity index (χ2v) is 5.00. The van der Waals surface area contributed by atoms with Gasteiger partial charge in [0.05, 0.1) is 6.61 Å². The molecule has 1 aromatic rings. The molecule has 1 saturated heterocycles. The van der Waals surface area contributed by atoms with Gasteiger partial charge in [-0.2, -0.15) is 0 Å². The third kappa shape index (κ3) is 4.65. The van der Waals surface area contributed by atoms with Gasteiger partial charge >= 0.3 is 0 Å². The summed E-state index contributed by atoms with van der Waals surface area (Å²) in [5.74, 6) is -0.00670. The van der Waals surface area contributed by atoms with Crippen molar-refractivity contribution in [2.75, 3.05) is 19.7 Å². The van der Waals surface area contributed by atoms with Crippen molar-refractivity contribution in [1.29, 1.82) is 0 Å².